The molecular formula is C21H27ClN4O6. The van der Waals surface area contributed by atoms with Crippen molar-refractivity contribution in [3.05, 3.63) is 28.8 Å². The number of carbonyl (C=O) groups excluding carboxylic acids is 4. The second kappa shape index (κ2) is 10.9. The highest BCUT2D eigenvalue weighted by molar-refractivity contribution is 6.33. The van der Waals surface area contributed by atoms with Crippen molar-refractivity contribution in [1.29, 1.82) is 0 Å². The summed E-state index contributed by atoms with van der Waals surface area (Å²) in [5, 5.41) is 14.2. The fraction of sp³-hybridized carbons (Fsp3) is 0.476. The Morgan fingerprint density at radius 1 is 1.28 bits per heavy atom. The van der Waals surface area contributed by atoms with E-state index in [1.807, 2.05) is 14.1 Å². The van der Waals surface area contributed by atoms with E-state index in [0.717, 1.165) is 5.69 Å². The van der Waals surface area contributed by atoms with Gasteiger partial charge >= 0.3 is 5.97 Å². The fourth-order valence-corrected chi connectivity index (χ4v) is 3.85. The molecule has 1 aromatic rings. The average molecular weight is 467 g/mol. The average Bonchev–Trinajstić information content (AvgIpc) is 3.21. The van der Waals surface area contributed by atoms with Gasteiger partial charge in [0.05, 0.1) is 23.2 Å². The monoisotopic (exact) mass is 466 g/mol. The van der Waals surface area contributed by atoms with Crippen LogP contribution < -0.4 is 15.5 Å². The number of carboxylic acid groups (broad SMARTS) is 1. The van der Waals surface area contributed by atoms with E-state index in [-0.39, 0.29) is 0 Å². The van der Waals surface area contributed by atoms with Crippen molar-refractivity contribution >= 4 is 47.3 Å². The first-order valence-corrected chi connectivity index (χ1v) is 10.5. The summed E-state index contributed by atoms with van der Waals surface area (Å²) in [7, 11) is 3.65. The van der Waals surface area contributed by atoms with Gasteiger partial charge in [-0.25, -0.2) is 0 Å². The van der Waals surface area contributed by atoms with Crippen molar-refractivity contribution in [2.24, 2.45) is 0 Å². The summed E-state index contributed by atoms with van der Waals surface area (Å²) < 4.78 is 0. The van der Waals surface area contributed by atoms with Gasteiger partial charge < -0.3 is 30.3 Å². The molecule has 3 N–H and O–H groups in total. The highest BCUT2D eigenvalue weighted by Gasteiger charge is 2.37. The molecule has 0 radical (unpaired) electrons. The number of amides is 3. The van der Waals surface area contributed by atoms with E-state index >= 15 is 0 Å². The van der Waals surface area contributed by atoms with Crippen LogP contribution in [0.5, 0.6) is 0 Å². The Labute approximate surface area is 190 Å². The number of nitrogens with zero attached hydrogens (tertiary/aromatic N) is 2. The summed E-state index contributed by atoms with van der Waals surface area (Å²) in [6.45, 7) is 1.83. The Bertz CT molecular complexity index is 906. The third-order valence-electron chi connectivity index (χ3n) is 5.13. The van der Waals surface area contributed by atoms with Gasteiger partial charge in [0.1, 0.15) is 18.4 Å². The van der Waals surface area contributed by atoms with Crippen LogP contribution in [0.15, 0.2) is 18.2 Å². The maximum absolute atomic E-state index is 12.9. The molecule has 1 unspecified atom stereocenters. The molecule has 1 saturated heterocycles. The van der Waals surface area contributed by atoms with E-state index in [0.29, 0.717) is 36.3 Å². The minimum Gasteiger partial charge on any atom is -0.481 e. The van der Waals surface area contributed by atoms with E-state index in [4.69, 9.17) is 16.7 Å². The zero-order chi connectivity index (χ0) is 24.0. The molecule has 1 heterocycles. The van der Waals surface area contributed by atoms with Crippen LogP contribution in [0.4, 0.5) is 5.69 Å². The highest BCUT2D eigenvalue weighted by atomic mass is 35.5. The predicted octanol–water partition coefficient (Wildman–Crippen LogP) is 0.674. The first-order chi connectivity index (χ1) is 15.0. The van der Waals surface area contributed by atoms with Gasteiger partial charge in [0.15, 0.2) is 0 Å². The van der Waals surface area contributed by atoms with E-state index in [1.165, 1.54) is 17.9 Å². The van der Waals surface area contributed by atoms with Crippen LogP contribution in [-0.4, -0.2) is 78.7 Å². The number of hydrogen-bond acceptors (Lipinski definition) is 6. The lowest BCUT2D eigenvalue weighted by atomic mass is 10.1. The minimum absolute atomic E-state index is 0.290. The molecular weight excluding hydrogens is 440 g/mol. The van der Waals surface area contributed by atoms with E-state index in [2.05, 4.69) is 10.6 Å². The summed E-state index contributed by atoms with van der Waals surface area (Å²) in [6.07, 6.45) is 0.746. The molecule has 0 saturated carbocycles. The van der Waals surface area contributed by atoms with Gasteiger partial charge in [-0.3, -0.25) is 19.2 Å². The molecule has 1 aliphatic rings. The molecule has 1 aromatic carbocycles. The number of nitrogens with one attached hydrogen (secondary N) is 2. The second-order valence-corrected chi connectivity index (χ2v) is 8.20. The topological polar surface area (TPSA) is 136 Å². The van der Waals surface area contributed by atoms with Crippen molar-refractivity contribution in [1.82, 2.24) is 15.5 Å². The number of hydrogen-bond donors (Lipinski definition) is 3. The SMILES string of the molecule is C[C@H](NC(=O)c1ccc(N(C)C)c(Cl)c1)C(=O)N1CCC[C@H]1C(=O)NC(C=O)CC(=O)O. The standard InChI is InChI=1S/C21H27ClN4O6/c1-12(23-19(30)13-6-7-16(25(2)3)15(22)9-13)21(32)26-8-4-5-17(26)20(31)24-14(11-27)10-18(28)29/h6-7,9,11-12,14,17H,4-5,8,10H2,1-3H3,(H,23,30)(H,24,31)(H,28,29)/t12-,14?,17-/m0/s1. The molecule has 10 nitrogen and oxygen atoms in total. The minimum atomic E-state index is -1.23. The Morgan fingerprint density at radius 3 is 2.53 bits per heavy atom. The maximum Gasteiger partial charge on any atom is 0.305 e. The number of carbonyl (C=O) groups is 5. The van der Waals surface area contributed by atoms with Crippen molar-refractivity contribution in [2.75, 3.05) is 25.5 Å². The van der Waals surface area contributed by atoms with Crippen LogP contribution in [0.2, 0.25) is 5.02 Å². The van der Waals surface area contributed by atoms with E-state index in [9.17, 15) is 24.0 Å². The Kier molecular flexibility index (Phi) is 8.59. The van der Waals surface area contributed by atoms with Crippen LogP contribution in [0.25, 0.3) is 0 Å². The molecule has 2 rings (SSSR count). The molecule has 1 fully saturated rings. The molecule has 32 heavy (non-hydrogen) atoms. The van der Waals surface area contributed by atoms with Crippen molar-refractivity contribution in [2.45, 2.75) is 44.3 Å². The van der Waals surface area contributed by atoms with Gasteiger partial charge in [-0.2, -0.15) is 0 Å². The fourth-order valence-electron chi connectivity index (χ4n) is 3.50. The number of carboxylic acids is 1. The first kappa shape index (κ1) is 25.1. The largest absolute Gasteiger partial charge is 0.481 e. The van der Waals surface area contributed by atoms with Crippen LogP contribution in [0.1, 0.15) is 36.5 Å². The van der Waals surface area contributed by atoms with Gasteiger partial charge in [-0.1, -0.05) is 11.6 Å². The van der Waals surface area contributed by atoms with Crippen LogP contribution >= 0.6 is 11.6 Å². The lowest BCUT2D eigenvalue weighted by Gasteiger charge is -2.28. The van der Waals surface area contributed by atoms with Crippen LogP contribution in [-0.2, 0) is 19.2 Å². The number of halogens is 1. The molecule has 3 amide bonds. The van der Waals surface area contributed by atoms with Gasteiger partial charge in [0.2, 0.25) is 11.8 Å². The van der Waals surface area contributed by atoms with Gasteiger partial charge in [-0.05, 0) is 38.0 Å². The van der Waals surface area contributed by atoms with Gasteiger partial charge in [0, 0.05) is 26.2 Å². The number of aliphatic carboxylic acids is 1. The van der Waals surface area contributed by atoms with Gasteiger partial charge in [0.25, 0.3) is 5.91 Å². The number of likely N-dealkylation sites (tertiary alicyclic amines) is 1. The quantitative estimate of drug-likeness (QED) is 0.455. The number of rotatable bonds is 9. The molecule has 11 heteroatoms. The number of aldehydes is 1. The third kappa shape index (κ3) is 6.19. The zero-order valence-corrected chi connectivity index (χ0v) is 18.9. The predicted molar refractivity (Wildman–Crippen MR) is 118 cm³/mol. The lowest BCUT2D eigenvalue weighted by Crippen LogP contribution is -2.54. The third-order valence-corrected chi connectivity index (χ3v) is 5.44. The molecule has 0 spiro atoms. The summed E-state index contributed by atoms with van der Waals surface area (Å²) >= 11 is 6.21. The highest BCUT2D eigenvalue weighted by Crippen LogP contribution is 2.25. The second-order valence-electron chi connectivity index (χ2n) is 7.79. The van der Waals surface area contributed by atoms with Crippen LogP contribution in [0.3, 0.4) is 0 Å². The molecule has 1 aliphatic heterocycles. The summed E-state index contributed by atoms with van der Waals surface area (Å²) in [5.74, 6) is -2.76. The summed E-state index contributed by atoms with van der Waals surface area (Å²) in [6, 6.07) is 1.88. The lowest BCUT2D eigenvalue weighted by molar-refractivity contribution is -0.141. The molecule has 3 atom stereocenters. The van der Waals surface area contributed by atoms with Crippen LogP contribution in [0, 0.1) is 0 Å². The Hall–Kier alpha value is -3.14. The Balaban J connectivity index is 2.03. The summed E-state index contributed by atoms with van der Waals surface area (Å²) in [5.41, 5.74) is 1.04. The molecule has 0 aromatic heterocycles. The molecule has 0 bridgehead atoms. The van der Waals surface area contributed by atoms with E-state index < -0.39 is 48.2 Å². The van der Waals surface area contributed by atoms with Gasteiger partial charge in [-0.15, -0.1) is 0 Å². The van der Waals surface area contributed by atoms with Crippen molar-refractivity contribution < 1.29 is 29.1 Å². The smallest absolute Gasteiger partial charge is 0.305 e. The van der Waals surface area contributed by atoms with Crippen molar-refractivity contribution in [3.8, 4) is 0 Å². The summed E-state index contributed by atoms with van der Waals surface area (Å²) in [4.78, 5) is 63.0. The van der Waals surface area contributed by atoms with Crippen molar-refractivity contribution in [3.63, 3.8) is 0 Å². The first-order valence-electron chi connectivity index (χ1n) is 10.1. The Morgan fingerprint density at radius 2 is 1.97 bits per heavy atom. The maximum atomic E-state index is 12.9. The molecule has 174 valence electrons. The normalized spacial score (nSPS) is 17.2. The zero-order valence-electron chi connectivity index (χ0n) is 18.1. The van der Waals surface area contributed by atoms with E-state index in [1.54, 1.807) is 17.0 Å². The molecule has 0 aliphatic carbocycles. The number of anilines is 1. The number of benzene rings is 1.